The second-order valence-corrected chi connectivity index (χ2v) is 5.59. The SMILES string of the molecule is CC(NC(=O)c1ccc(C(N)=O)cc1)C(C)N1CCOCC1. The lowest BCUT2D eigenvalue weighted by molar-refractivity contribution is 0.0137. The summed E-state index contributed by atoms with van der Waals surface area (Å²) in [6.07, 6.45) is 0. The molecule has 0 saturated carbocycles. The van der Waals surface area contributed by atoms with E-state index < -0.39 is 5.91 Å². The highest BCUT2D eigenvalue weighted by Gasteiger charge is 2.23. The van der Waals surface area contributed by atoms with E-state index in [1.165, 1.54) is 0 Å². The molecule has 22 heavy (non-hydrogen) atoms. The standard InChI is InChI=1S/C16H23N3O3/c1-11(12(2)19-7-9-22-10-8-19)18-16(21)14-5-3-13(4-6-14)15(17)20/h3-6,11-12H,7-10H2,1-2H3,(H2,17,20)(H,18,21). The Morgan fingerprint density at radius 2 is 1.68 bits per heavy atom. The molecule has 2 rings (SSSR count). The fourth-order valence-corrected chi connectivity index (χ4v) is 2.50. The number of benzene rings is 1. The highest BCUT2D eigenvalue weighted by Crippen LogP contribution is 2.09. The number of hydrogen-bond acceptors (Lipinski definition) is 4. The first kappa shape index (κ1) is 16.5. The summed E-state index contributed by atoms with van der Waals surface area (Å²) in [4.78, 5) is 25.6. The number of nitrogens with zero attached hydrogens (tertiary/aromatic N) is 1. The minimum absolute atomic E-state index is 0.0152. The molecule has 0 aromatic heterocycles. The van der Waals surface area contributed by atoms with E-state index in [9.17, 15) is 9.59 Å². The number of nitrogens with one attached hydrogen (secondary N) is 1. The van der Waals surface area contributed by atoms with E-state index in [4.69, 9.17) is 10.5 Å². The Morgan fingerprint density at radius 3 is 2.23 bits per heavy atom. The van der Waals surface area contributed by atoms with Crippen LogP contribution in [0.25, 0.3) is 0 Å². The molecule has 1 aliphatic heterocycles. The van der Waals surface area contributed by atoms with Gasteiger partial charge in [-0.15, -0.1) is 0 Å². The van der Waals surface area contributed by atoms with Gasteiger partial charge in [-0.25, -0.2) is 0 Å². The van der Waals surface area contributed by atoms with Crippen molar-refractivity contribution in [3.8, 4) is 0 Å². The molecule has 0 bridgehead atoms. The smallest absolute Gasteiger partial charge is 0.251 e. The minimum Gasteiger partial charge on any atom is -0.379 e. The van der Waals surface area contributed by atoms with Gasteiger partial charge in [0.2, 0.25) is 5.91 Å². The Labute approximate surface area is 130 Å². The second-order valence-electron chi connectivity index (χ2n) is 5.59. The van der Waals surface area contributed by atoms with E-state index in [0.717, 1.165) is 26.3 Å². The zero-order valence-electron chi connectivity index (χ0n) is 13.0. The van der Waals surface area contributed by atoms with Crippen molar-refractivity contribution in [3.63, 3.8) is 0 Å². The summed E-state index contributed by atoms with van der Waals surface area (Å²) in [5.74, 6) is -0.648. The van der Waals surface area contributed by atoms with Gasteiger partial charge in [0.1, 0.15) is 0 Å². The molecule has 120 valence electrons. The Balaban J connectivity index is 1.93. The number of primary amides is 1. The predicted octanol–water partition coefficient (Wildman–Crippen LogP) is 0.625. The molecule has 2 atom stereocenters. The highest BCUT2D eigenvalue weighted by molar-refractivity contribution is 5.97. The summed E-state index contributed by atoms with van der Waals surface area (Å²) in [7, 11) is 0. The van der Waals surface area contributed by atoms with Gasteiger partial charge in [0, 0.05) is 36.3 Å². The third-order valence-electron chi connectivity index (χ3n) is 4.14. The predicted molar refractivity (Wildman–Crippen MR) is 83.7 cm³/mol. The third kappa shape index (κ3) is 4.05. The van der Waals surface area contributed by atoms with Gasteiger partial charge in [-0.3, -0.25) is 14.5 Å². The summed E-state index contributed by atoms with van der Waals surface area (Å²) < 4.78 is 5.34. The molecule has 0 spiro atoms. The van der Waals surface area contributed by atoms with E-state index in [2.05, 4.69) is 17.1 Å². The maximum absolute atomic E-state index is 12.3. The first-order valence-corrected chi connectivity index (χ1v) is 7.51. The lowest BCUT2D eigenvalue weighted by Gasteiger charge is -2.35. The monoisotopic (exact) mass is 305 g/mol. The minimum atomic E-state index is -0.499. The summed E-state index contributed by atoms with van der Waals surface area (Å²) in [5.41, 5.74) is 6.10. The molecule has 3 N–H and O–H groups in total. The van der Waals surface area contributed by atoms with E-state index in [-0.39, 0.29) is 18.0 Å². The van der Waals surface area contributed by atoms with Gasteiger partial charge in [-0.1, -0.05) is 0 Å². The van der Waals surface area contributed by atoms with Crippen molar-refractivity contribution in [1.82, 2.24) is 10.2 Å². The van der Waals surface area contributed by atoms with E-state index in [0.29, 0.717) is 11.1 Å². The van der Waals surface area contributed by atoms with Gasteiger partial charge >= 0.3 is 0 Å². The molecule has 1 aliphatic rings. The van der Waals surface area contributed by atoms with Crippen molar-refractivity contribution >= 4 is 11.8 Å². The molecule has 2 unspecified atom stereocenters. The summed E-state index contributed by atoms with van der Waals surface area (Å²) in [6, 6.07) is 6.60. The van der Waals surface area contributed by atoms with Crippen LogP contribution >= 0.6 is 0 Å². The van der Waals surface area contributed by atoms with Crippen molar-refractivity contribution in [1.29, 1.82) is 0 Å². The first-order valence-electron chi connectivity index (χ1n) is 7.51. The van der Waals surface area contributed by atoms with Crippen LogP contribution in [0.3, 0.4) is 0 Å². The molecule has 6 nitrogen and oxygen atoms in total. The summed E-state index contributed by atoms with van der Waals surface area (Å²) in [5, 5.41) is 3.00. The number of rotatable bonds is 5. The third-order valence-corrected chi connectivity index (χ3v) is 4.14. The van der Waals surface area contributed by atoms with Crippen LogP contribution in [-0.4, -0.2) is 55.1 Å². The fourth-order valence-electron chi connectivity index (χ4n) is 2.50. The van der Waals surface area contributed by atoms with Gasteiger partial charge < -0.3 is 15.8 Å². The summed E-state index contributed by atoms with van der Waals surface area (Å²) in [6.45, 7) is 7.34. The van der Waals surface area contributed by atoms with Crippen LogP contribution in [0.4, 0.5) is 0 Å². The number of ether oxygens (including phenoxy) is 1. The molecule has 0 radical (unpaired) electrons. The number of carbonyl (C=O) groups excluding carboxylic acids is 2. The van der Waals surface area contributed by atoms with Crippen LogP contribution in [0.2, 0.25) is 0 Å². The van der Waals surface area contributed by atoms with Crippen molar-refractivity contribution in [2.45, 2.75) is 25.9 Å². The topological polar surface area (TPSA) is 84.7 Å². The van der Waals surface area contributed by atoms with Crippen LogP contribution < -0.4 is 11.1 Å². The quantitative estimate of drug-likeness (QED) is 0.835. The van der Waals surface area contributed by atoms with Gasteiger partial charge in [0.25, 0.3) is 5.91 Å². The first-order chi connectivity index (χ1) is 10.5. The lowest BCUT2D eigenvalue weighted by Crippen LogP contribution is -2.52. The number of morpholine rings is 1. The van der Waals surface area contributed by atoms with Crippen molar-refractivity contribution in [2.24, 2.45) is 5.73 Å². The van der Waals surface area contributed by atoms with Crippen LogP contribution in [0.1, 0.15) is 34.6 Å². The Bertz CT molecular complexity index is 524. The van der Waals surface area contributed by atoms with E-state index in [1.807, 2.05) is 6.92 Å². The number of hydrogen-bond donors (Lipinski definition) is 2. The van der Waals surface area contributed by atoms with Crippen molar-refractivity contribution in [3.05, 3.63) is 35.4 Å². The molecular weight excluding hydrogens is 282 g/mol. The van der Waals surface area contributed by atoms with Crippen LogP contribution in [0, 0.1) is 0 Å². The van der Waals surface area contributed by atoms with Gasteiger partial charge in [-0.2, -0.15) is 0 Å². The molecule has 1 aromatic rings. The number of nitrogens with two attached hydrogens (primary N) is 1. The second kappa shape index (κ2) is 7.38. The molecule has 6 heteroatoms. The normalized spacial score (nSPS) is 18.5. The van der Waals surface area contributed by atoms with Crippen molar-refractivity contribution < 1.29 is 14.3 Å². The van der Waals surface area contributed by atoms with Crippen LogP contribution in [0.15, 0.2) is 24.3 Å². The zero-order chi connectivity index (χ0) is 16.1. The summed E-state index contributed by atoms with van der Waals surface area (Å²) >= 11 is 0. The maximum atomic E-state index is 12.3. The molecule has 1 aromatic carbocycles. The average Bonchev–Trinajstić information content (AvgIpc) is 2.54. The van der Waals surface area contributed by atoms with E-state index >= 15 is 0 Å². The Hall–Kier alpha value is -1.92. The molecule has 1 heterocycles. The molecule has 0 aliphatic carbocycles. The fraction of sp³-hybridized carbons (Fsp3) is 0.500. The largest absolute Gasteiger partial charge is 0.379 e. The molecule has 1 saturated heterocycles. The number of carbonyl (C=O) groups is 2. The Morgan fingerprint density at radius 1 is 1.14 bits per heavy atom. The van der Waals surface area contributed by atoms with E-state index in [1.54, 1.807) is 24.3 Å². The van der Waals surface area contributed by atoms with Gasteiger partial charge in [0.15, 0.2) is 0 Å². The zero-order valence-corrected chi connectivity index (χ0v) is 13.0. The van der Waals surface area contributed by atoms with Gasteiger partial charge in [0.05, 0.1) is 13.2 Å². The molecular formula is C16H23N3O3. The average molecular weight is 305 g/mol. The molecule has 1 fully saturated rings. The number of amides is 2. The van der Waals surface area contributed by atoms with Crippen LogP contribution in [0.5, 0.6) is 0 Å². The Kier molecular flexibility index (Phi) is 5.51. The lowest BCUT2D eigenvalue weighted by atomic mass is 10.1. The van der Waals surface area contributed by atoms with Gasteiger partial charge in [-0.05, 0) is 38.1 Å². The maximum Gasteiger partial charge on any atom is 0.251 e. The van der Waals surface area contributed by atoms with Crippen molar-refractivity contribution in [2.75, 3.05) is 26.3 Å². The molecule has 2 amide bonds. The highest BCUT2D eigenvalue weighted by atomic mass is 16.5. The van der Waals surface area contributed by atoms with Crippen LogP contribution in [-0.2, 0) is 4.74 Å².